The van der Waals surface area contributed by atoms with Crippen molar-refractivity contribution in [3.63, 3.8) is 0 Å². The second-order valence-electron chi connectivity index (χ2n) is 8.95. The van der Waals surface area contributed by atoms with E-state index in [1.165, 1.54) is 17.8 Å². The standard InChI is InChI=1S/C24H22FN9O5/c1-11-19(21(26)36)24(39-32-11)30-23(38)17-7-14(25)9-33(17)18(35)10-34-16-3-2-12(13-4-5-28-29-8-13)6-15(16)20(31-34)22(27)37/h2-6,8,14,17H,7,9-10H2,1H3,(H2,26,36)(H2,27,37)(H,30,38). The predicted octanol–water partition coefficient (Wildman–Crippen LogP) is 0.565. The van der Waals surface area contributed by atoms with Crippen LogP contribution in [0.15, 0.2) is 41.2 Å². The average Bonchev–Trinajstić information content (AvgIpc) is 3.59. The number of amides is 4. The van der Waals surface area contributed by atoms with E-state index in [9.17, 15) is 23.6 Å². The van der Waals surface area contributed by atoms with Gasteiger partial charge in [-0.25, -0.2) is 4.39 Å². The van der Waals surface area contributed by atoms with Gasteiger partial charge in [-0.15, -0.1) is 0 Å². The molecule has 4 heterocycles. The monoisotopic (exact) mass is 535 g/mol. The summed E-state index contributed by atoms with van der Waals surface area (Å²) < 4.78 is 20.7. The number of primary amides is 2. The molecule has 1 saturated heterocycles. The van der Waals surface area contributed by atoms with Crippen molar-refractivity contribution in [2.45, 2.75) is 32.1 Å². The number of likely N-dealkylation sites (tertiary alicyclic amines) is 1. The van der Waals surface area contributed by atoms with Crippen LogP contribution in [0.4, 0.5) is 10.3 Å². The lowest BCUT2D eigenvalue weighted by molar-refractivity contribution is -0.137. The Morgan fingerprint density at radius 3 is 2.62 bits per heavy atom. The molecule has 200 valence electrons. The molecular formula is C24H22FN9O5. The number of carbonyl (C=O) groups is 4. The number of halogens is 1. The topological polar surface area (TPSA) is 205 Å². The summed E-state index contributed by atoms with van der Waals surface area (Å²) in [5.74, 6) is -3.36. The molecule has 0 bridgehead atoms. The molecule has 15 heteroatoms. The predicted molar refractivity (Wildman–Crippen MR) is 133 cm³/mol. The number of nitrogens with one attached hydrogen (secondary N) is 1. The van der Waals surface area contributed by atoms with Crippen LogP contribution >= 0.6 is 0 Å². The second kappa shape index (κ2) is 9.92. The first kappa shape index (κ1) is 25.4. The summed E-state index contributed by atoms with van der Waals surface area (Å²) in [6, 6.07) is 5.65. The summed E-state index contributed by atoms with van der Waals surface area (Å²) in [6.45, 7) is 0.731. The highest BCUT2D eigenvalue weighted by atomic mass is 19.1. The highest BCUT2D eigenvalue weighted by Gasteiger charge is 2.41. The zero-order valence-electron chi connectivity index (χ0n) is 20.5. The molecule has 0 spiro atoms. The largest absolute Gasteiger partial charge is 0.365 e. The van der Waals surface area contributed by atoms with Gasteiger partial charge in [-0.1, -0.05) is 11.2 Å². The molecule has 2 unspecified atom stereocenters. The lowest BCUT2D eigenvalue weighted by Crippen LogP contribution is -2.44. The molecule has 1 aliphatic heterocycles. The van der Waals surface area contributed by atoms with Gasteiger partial charge < -0.3 is 20.9 Å². The SMILES string of the molecule is Cc1noc(NC(=O)C2CC(F)CN2C(=O)Cn2nc(C(N)=O)c3cc(-c4ccnnc4)ccc32)c1C(N)=O. The lowest BCUT2D eigenvalue weighted by atomic mass is 10.0. The fourth-order valence-electron chi connectivity index (χ4n) is 4.59. The van der Waals surface area contributed by atoms with E-state index in [0.717, 1.165) is 16.0 Å². The number of anilines is 1. The van der Waals surface area contributed by atoms with E-state index in [1.807, 2.05) is 0 Å². The van der Waals surface area contributed by atoms with Gasteiger partial charge >= 0.3 is 0 Å². The molecule has 3 aromatic heterocycles. The van der Waals surface area contributed by atoms with Crippen LogP contribution in [-0.2, 0) is 16.1 Å². The second-order valence-corrected chi connectivity index (χ2v) is 8.95. The van der Waals surface area contributed by atoms with Gasteiger partial charge in [0.15, 0.2) is 5.69 Å². The molecule has 0 aliphatic carbocycles. The van der Waals surface area contributed by atoms with Crippen LogP contribution in [0.25, 0.3) is 22.0 Å². The normalized spacial score (nSPS) is 16.9. The van der Waals surface area contributed by atoms with Crippen molar-refractivity contribution in [1.82, 2.24) is 30.0 Å². The molecule has 0 saturated carbocycles. The van der Waals surface area contributed by atoms with E-state index in [0.29, 0.717) is 10.9 Å². The average molecular weight is 535 g/mol. The fourth-order valence-corrected chi connectivity index (χ4v) is 4.59. The minimum atomic E-state index is -1.47. The van der Waals surface area contributed by atoms with Crippen molar-refractivity contribution in [2.75, 3.05) is 11.9 Å². The number of hydrogen-bond acceptors (Lipinski definition) is 9. The van der Waals surface area contributed by atoms with Gasteiger partial charge in [-0.2, -0.15) is 15.3 Å². The number of nitrogens with two attached hydrogens (primary N) is 2. The van der Waals surface area contributed by atoms with Gasteiger partial charge in [-0.3, -0.25) is 29.2 Å². The number of hydrogen-bond donors (Lipinski definition) is 3. The smallest absolute Gasteiger partial charge is 0.269 e. The van der Waals surface area contributed by atoms with Gasteiger partial charge in [0.1, 0.15) is 24.3 Å². The van der Waals surface area contributed by atoms with Crippen molar-refractivity contribution in [2.24, 2.45) is 11.5 Å². The molecule has 1 aliphatic rings. The third kappa shape index (κ3) is 4.76. The van der Waals surface area contributed by atoms with Gasteiger partial charge in [0.25, 0.3) is 11.8 Å². The summed E-state index contributed by atoms with van der Waals surface area (Å²) in [7, 11) is 0. The molecule has 39 heavy (non-hydrogen) atoms. The van der Waals surface area contributed by atoms with E-state index in [1.54, 1.807) is 30.5 Å². The number of aryl methyl sites for hydroxylation is 1. The van der Waals surface area contributed by atoms with Crippen LogP contribution in [0.5, 0.6) is 0 Å². The first-order chi connectivity index (χ1) is 18.6. The van der Waals surface area contributed by atoms with Crippen molar-refractivity contribution in [3.05, 3.63) is 53.6 Å². The minimum absolute atomic E-state index is 0.0552. The molecule has 5 rings (SSSR count). The van der Waals surface area contributed by atoms with Crippen LogP contribution in [-0.4, -0.2) is 72.4 Å². The van der Waals surface area contributed by atoms with E-state index in [2.05, 4.69) is 25.8 Å². The molecular weight excluding hydrogens is 513 g/mol. The van der Waals surface area contributed by atoms with Crippen LogP contribution in [0, 0.1) is 6.92 Å². The Kier molecular flexibility index (Phi) is 6.47. The van der Waals surface area contributed by atoms with E-state index in [-0.39, 0.29) is 35.8 Å². The van der Waals surface area contributed by atoms with E-state index < -0.39 is 42.4 Å². The summed E-state index contributed by atoms with van der Waals surface area (Å²) >= 11 is 0. The number of fused-ring (bicyclic) bond motifs is 1. The Morgan fingerprint density at radius 2 is 1.92 bits per heavy atom. The van der Waals surface area contributed by atoms with Crippen LogP contribution in [0.2, 0.25) is 0 Å². The van der Waals surface area contributed by atoms with Gasteiger partial charge in [0.2, 0.25) is 17.7 Å². The first-order valence-corrected chi connectivity index (χ1v) is 11.7. The molecule has 1 fully saturated rings. The fraction of sp³-hybridized carbons (Fsp3) is 0.250. The van der Waals surface area contributed by atoms with Crippen LogP contribution in [0.1, 0.15) is 33.0 Å². The molecule has 4 amide bonds. The van der Waals surface area contributed by atoms with E-state index in [4.69, 9.17) is 16.0 Å². The van der Waals surface area contributed by atoms with Crippen LogP contribution < -0.4 is 16.8 Å². The summed E-state index contributed by atoms with van der Waals surface area (Å²) in [4.78, 5) is 51.2. The third-order valence-electron chi connectivity index (χ3n) is 6.41. The Balaban J connectivity index is 1.41. The van der Waals surface area contributed by atoms with E-state index >= 15 is 0 Å². The maximum Gasteiger partial charge on any atom is 0.269 e. The van der Waals surface area contributed by atoms with Crippen molar-refractivity contribution in [3.8, 4) is 11.1 Å². The molecule has 4 aromatic rings. The molecule has 2 atom stereocenters. The summed E-state index contributed by atoms with van der Waals surface area (Å²) in [5.41, 5.74) is 12.7. The third-order valence-corrected chi connectivity index (χ3v) is 6.41. The Labute approximate surface area is 219 Å². The molecule has 14 nitrogen and oxygen atoms in total. The van der Waals surface area contributed by atoms with Gasteiger partial charge in [0, 0.05) is 17.4 Å². The van der Waals surface area contributed by atoms with Gasteiger partial charge in [0.05, 0.1) is 30.1 Å². The number of alkyl halides is 1. The molecule has 1 aromatic carbocycles. The quantitative estimate of drug-likeness (QED) is 0.302. The molecule has 0 radical (unpaired) electrons. The first-order valence-electron chi connectivity index (χ1n) is 11.7. The Bertz CT molecular complexity index is 1620. The summed E-state index contributed by atoms with van der Waals surface area (Å²) in [5, 5.41) is 18.2. The van der Waals surface area contributed by atoms with Crippen molar-refractivity contribution >= 4 is 40.4 Å². The number of carbonyl (C=O) groups excluding carboxylic acids is 4. The lowest BCUT2D eigenvalue weighted by Gasteiger charge is -2.23. The highest BCUT2D eigenvalue weighted by Crippen LogP contribution is 2.28. The maximum absolute atomic E-state index is 14.4. The Hall–Kier alpha value is -5.21. The highest BCUT2D eigenvalue weighted by molar-refractivity contribution is 6.06. The number of rotatable bonds is 7. The van der Waals surface area contributed by atoms with Crippen LogP contribution in [0.3, 0.4) is 0 Å². The van der Waals surface area contributed by atoms with Crippen molar-refractivity contribution < 1.29 is 28.1 Å². The minimum Gasteiger partial charge on any atom is -0.365 e. The maximum atomic E-state index is 14.4. The Morgan fingerprint density at radius 1 is 1.13 bits per heavy atom. The van der Waals surface area contributed by atoms with Gasteiger partial charge in [-0.05, 0) is 30.7 Å². The zero-order chi connectivity index (χ0) is 27.8. The molecule has 5 N–H and O–H groups in total. The number of aromatic nitrogens is 5. The number of benzene rings is 1. The van der Waals surface area contributed by atoms with Crippen molar-refractivity contribution in [1.29, 1.82) is 0 Å². The zero-order valence-corrected chi connectivity index (χ0v) is 20.5. The number of nitrogens with zero attached hydrogens (tertiary/aromatic N) is 6. The summed E-state index contributed by atoms with van der Waals surface area (Å²) in [6.07, 6.45) is 1.34.